The average molecular weight is 225 g/mol. The van der Waals surface area contributed by atoms with Gasteiger partial charge < -0.3 is 10.1 Å². The molecule has 1 heterocycles. The van der Waals surface area contributed by atoms with Gasteiger partial charge in [-0.15, -0.1) is 0 Å². The van der Waals surface area contributed by atoms with Crippen LogP contribution in [0.5, 0.6) is 0 Å². The van der Waals surface area contributed by atoms with Gasteiger partial charge in [-0.05, 0) is 38.0 Å². The second-order valence-electron chi connectivity index (χ2n) is 5.94. The van der Waals surface area contributed by atoms with E-state index in [0.29, 0.717) is 12.1 Å². The molecular formula is C14H27NO. The van der Waals surface area contributed by atoms with Gasteiger partial charge in [-0.1, -0.05) is 26.7 Å². The first kappa shape index (κ1) is 12.4. The summed E-state index contributed by atoms with van der Waals surface area (Å²) in [6, 6.07) is 1.44. The molecule has 2 fully saturated rings. The summed E-state index contributed by atoms with van der Waals surface area (Å²) in [5.74, 6) is 1.73. The fourth-order valence-electron chi connectivity index (χ4n) is 3.27. The molecule has 2 heteroatoms. The summed E-state index contributed by atoms with van der Waals surface area (Å²) in [5, 5.41) is 3.89. The number of rotatable bonds is 2. The third kappa shape index (κ3) is 2.98. The molecule has 1 N–H and O–H groups in total. The fourth-order valence-corrected chi connectivity index (χ4v) is 3.27. The lowest BCUT2D eigenvalue weighted by atomic mass is 9.77. The van der Waals surface area contributed by atoms with E-state index in [1.165, 1.54) is 32.1 Å². The third-order valence-corrected chi connectivity index (χ3v) is 4.64. The van der Waals surface area contributed by atoms with Crippen molar-refractivity contribution in [2.45, 2.75) is 71.1 Å². The Kier molecular flexibility index (Phi) is 4.26. The highest BCUT2D eigenvalue weighted by Gasteiger charge is 2.29. The van der Waals surface area contributed by atoms with E-state index in [0.717, 1.165) is 24.5 Å². The zero-order valence-electron chi connectivity index (χ0n) is 11.0. The largest absolute Gasteiger partial charge is 0.378 e. The smallest absolute Gasteiger partial charge is 0.0561 e. The van der Waals surface area contributed by atoms with Crippen LogP contribution in [0.15, 0.2) is 0 Å². The van der Waals surface area contributed by atoms with Crippen LogP contribution in [0.25, 0.3) is 0 Å². The summed E-state index contributed by atoms with van der Waals surface area (Å²) in [7, 11) is 0. The first-order valence-electron chi connectivity index (χ1n) is 7.04. The van der Waals surface area contributed by atoms with Crippen molar-refractivity contribution >= 4 is 0 Å². The molecule has 0 amide bonds. The van der Waals surface area contributed by atoms with Crippen molar-refractivity contribution in [2.24, 2.45) is 11.8 Å². The predicted octanol–water partition coefficient (Wildman–Crippen LogP) is 2.97. The van der Waals surface area contributed by atoms with E-state index in [1.807, 2.05) is 0 Å². The molecule has 2 aliphatic rings. The van der Waals surface area contributed by atoms with Gasteiger partial charge in [0.15, 0.2) is 0 Å². The van der Waals surface area contributed by atoms with Crippen LogP contribution in [-0.2, 0) is 4.74 Å². The maximum atomic E-state index is 5.61. The molecule has 5 atom stereocenters. The van der Waals surface area contributed by atoms with Gasteiger partial charge in [0.05, 0.1) is 6.10 Å². The molecule has 2 nitrogen and oxygen atoms in total. The van der Waals surface area contributed by atoms with Crippen LogP contribution in [0.4, 0.5) is 0 Å². The van der Waals surface area contributed by atoms with E-state index in [1.54, 1.807) is 0 Å². The Hall–Kier alpha value is -0.0800. The fraction of sp³-hybridized carbons (Fsp3) is 1.00. The Morgan fingerprint density at radius 1 is 1.06 bits per heavy atom. The lowest BCUT2D eigenvalue weighted by Crippen LogP contribution is -2.48. The summed E-state index contributed by atoms with van der Waals surface area (Å²) < 4.78 is 5.61. The lowest BCUT2D eigenvalue weighted by Gasteiger charge is -2.39. The molecule has 1 aliphatic carbocycles. The van der Waals surface area contributed by atoms with Crippen LogP contribution >= 0.6 is 0 Å². The van der Waals surface area contributed by atoms with Crippen molar-refractivity contribution < 1.29 is 4.74 Å². The lowest BCUT2D eigenvalue weighted by molar-refractivity contribution is 0.00752. The Balaban J connectivity index is 1.83. The highest BCUT2D eigenvalue weighted by atomic mass is 16.5. The predicted molar refractivity (Wildman–Crippen MR) is 67.5 cm³/mol. The van der Waals surface area contributed by atoms with Crippen LogP contribution in [-0.4, -0.2) is 24.8 Å². The van der Waals surface area contributed by atoms with Gasteiger partial charge in [-0.3, -0.25) is 0 Å². The second kappa shape index (κ2) is 5.50. The van der Waals surface area contributed by atoms with Crippen molar-refractivity contribution in [1.29, 1.82) is 0 Å². The van der Waals surface area contributed by atoms with E-state index < -0.39 is 0 Å². The number of hydrogen-bond donors (Lipinski definition) is 1. The minimum Gasteiger partial charge on any atom is -0.378 e. The Bertz CT molecular complexity index is 219. The van der Waals surface area contributed by atoms with E-state index in [9.17, 15) is 0 Å². The van der Waals surface area contributed by atoms with Gasteiger partial charge in [0.2, 0.25) is 0 Å². The van der Waals surface area contributed by atoms with Gasteiger partial charge >= 0.3 is 0 Å². The van der Waals surface area contributed by atoms with Crippen molar-refractivity contribution in [3.05, 3.63) is 0 Å². The molecule has 5 unspecified atom stereocenters. The van der Waals surface area contributed by atoms with Gasteiger partial charge in [-0.25, -0.2) is 0 Å². The van der Waals surface area contributed by atoms with Crippen LogP contribution in [0.1, 0.15) is 52.9 Å². The number of hydrogen-bond acceptors (Lipinski definition) is 2. The normalized spacial score (nSPS) is 45.6. The monoisotopic (exact) mass is 225 g/mol. The Morgan fingerprint density at radius 3 is 2.62 bits per heavy atom. The number of nitrogens with one attached hydrogen (secondary N) is 1. The molecule has 1 aliphatic heterocycles. The first-order valence-corrected chi connectivity index (χ1v) is 7.04. The second-order valence-corrected chi connectivity index (χ2v) is 5.94. The molecule has 0 aromatic carbocycles. The molecule has 16 heavy (non-hydrogen) atoms. The molecule has 0 spiro atoms. The average Bonchev–Trinajstić information content (AvgIpc) is 2.25. The van der Waals surface area contributed by atoms with Crippen LogP contribution < -0.4 is 5.32 Å². The van der Waals surface area contributed by atoms with E-state index in [-0.39, 0.29) is 0 Å². The summed E-state index contributed by atoms with van der Waals surface area (Å²) in [6.07, 6.45) is 7.03. The van der Waals surface area contributed by atoms with E-state index in [2.05, 4.69) is 26.1 Å². The zero-order valence-corrected chi connectivity index (χ0v) is 11.0. The Labute approximate surface area is 100 Å². The SMILES string of the molecule is CC1CC(NC2CCCC(C)C2C)CCO1. The minimum atomic E-state index is 0.447. The van der Waals surface area contributed by atoms with E-state index >= 15 is 0 Å². The van der Waals surface area contributed by atoms with Crippen LogP contribution in [0.2, 0.25) is 0 Å². The third-order valence-electron chi connectivity index (χ3n) is 4.64. The van der Waals surface area contributed by atoms with Gasteiger partial charge in [-0.2, -0.15) is 0 Å². The molecule has 2 rings (SSSR count). The highest BCUT2D eigenvalue weighted by molar-refractivity contribution is 4.86. The molecule has 0 bridgehead atoms. The van der Waals surface area contributed by atoms with Crippen molar-refractivity contribution in [2.75, 3.05) is 6.61 Å². The number of ether oxygens (including phenoxy) is 1. The first-order chi connectivity index (χ1) is 7.66. The topological polar surface area (TPSA) is 21.3 Å². The summed E-state index contributed by atoms with van der Waals surface area (Å²) in [6.45, 7) is 7.96. The molecule has 0 aromatic rings. The quantitative estimate of drug-likeness (QED) is 0.780. The van der Waals surface area contributed by atoms with E-state index in [4.69, 9.17) is 4.74 Å². The molecule has 0 aromatic heterocycles. The summed E-state index contributed by atoms with van der Waals surface area (Å²) in [4.78, 5) is 0. The van der Waals surface area contributed by atoms with Crippen molar-refractivity contribution in [1.82, 2.24) is 5.32 Å². The summed E-state index contributed by atoms with van der Waals surface area (Å²) >= 11 is 0. The molecular weight excluding hydrogens is 198 g/mol. The zero-order chi connectivity index (χ0) is 11.5. The maximum absolute atomic E-state index is 5.61. The highest BCUT2D eigenvalue weighted by Crippen LogP contribution is 2.30. The Morgan fingerprint density at radius 2 is 1.88 bits per heavy atom. The molecule has 1 saturated carbocycles. The van der Waals surface area contributed by atoms with Crippen LogP contribution in [0, 0.1) is 11.8 Å². The minimum absolute atomic E-state index is 0.447. The maximum Gasteiger partial charge on any atom is 0.0561 e. The van der Waals surface area contributed by atoms with Crippen molar-refractivity contribution in [3.63, 3.8) is 0 Å². The van der Waals surface area contributed by atoms with Crippen molar-refractivity contribution in [3.8, 4) is 0 Å². The molecule has 94 valence electrons. The van der Waals surface area contributed by atoms with Gasteiger partial charge in [0.1, 0.15) is 0 Å². The van der Waals surface area contributed by atoms with Gasteiger partial charge in [0.25, 0.3) is 0 Å². The standard InChI is InChI=1S/C14H27NO/c1-10-5-4-6-14(12(10)3)15-13-7-8-16-11(2)9-13/h10-15H,4-9H2,1-3H3. The molecule has 0 radical (unpaired) electrons. The summed E-state index contributed by atoms with van der Waals surface area (Å²) in [5.41, 5.74) is 0. The molecule has 1 saturated heterocycles. The van der Waals surface area contributed by atoms with Gasteiger partial charge in [0, 0.05) is 18.7 Å². The van der Waals surface area contributed by atoms with Crippen LogP contribution in [0.3, 0.4) is 0 Å².